The van der Waals surface area contributed by atoms with Crippen molar-refractivity contribution in [2.24, 2.45) is 0 Å². The van der Waals surface area contributed by atoms with Crippen LogP contribution in [-0.2, 0) is 11.3 Å². The second-order valence-electron chi connectivity index (χ2n) is 4.47. The van der Waals surface area contributed by atoms with Crippen molar-refractivity contribution in [1.82, 2.24) is 19.6 Å². The highest BCUT2D eigenvalue weighted by molar-refractivity contribution is 5.70. The molecule has 2 aliphatic heterocycles. The molecule has 2 aliphatic rings. The SMILES string of the molecule is O=c1ccc2nnn3c2n1[C@H]1O[C@@H](CC1O)C3. The van der Waals surface area contributed by atoms with Gasteiger partial charge in [-0.2, -0.15) is 0 Å². The van der Waals surface area contributed by atoms with Crippen LogP contribution in [-0.4, -0.2) is 36.9 Å². The van der Waals surface area contributed by atoms with Gasteiger partial charge in [0.05, 0.1) is 12.6 Å². The first kappa shape index (κ1) is 9.32. The number of rotatable bonds is 0. The largest absolute Gasteiger partial charge is 0.388 e. The lowest BCUT2D eigenvalue weighted by molar-refractivity contribution is -0.0350. The quantitative estimate of drug-likeness (QED) is 0.649. The Labute approximate surface area is 95.2 Å². The molecule has 0 spiro atoms. The summed E-state index contributed by atoms with van der Waals surface area (Å²) in [7, 11) is 0. The van der Waals surface area contributed by atoms with Crippen LogP contribution in [0.4, 0.5) is 0 Å². The normalized spacial score (nSPS) is 30.8. The minimum Gasteiger partial charge on any atom is -0.388 e. The maximum absolute atomic E-state index is 11.9. The minimum absolute atomic E-state index is 0.112. The predicted octanol–water partition coefficient (Wildman–Crippen LogP) is -0.745. The van der Waals surface area contributed by atoms with Gasteiger partial charge in [-0.1, -0.05) is 5.21 Å². The zero-order valence-electron chi connectivity index (χ0n) is 8.85. The summed E-state index contributed by atoms with van der Waals surface area (Å²) < 4.78 is 8.80. The Morgan fingerprint density at radius 3 is 3.24 bits per heavy atom. The maximum Gasteiger partial charge on any atom is 0.254 e. The monoisotopic (exact) mass is 234 g/mol. The highest BCUT2D eigenvalue weighted by Crippen LogP contribution is 2.33. The van der Waals surface area contributed by atoms with E-state index in [-0.39, 0.29) is 11.7 Å². The number of nitrogens with zero attached hydrogens (tertiary/aromatic N) is 4. The minimum atomic E-state index is -0.646. The van der Waals surface area contributed by atoms with Crippen LogP contribution in [0.25, 0.3) is 11.2 Å². The summed E-state index contributed by atoms with van der Waals surface area (Å²) in [6, 6.07) is 3.07. The average Bonchev–Trinajstić information content (AvgIpc) is 2.79. The van der Waals surface area contributed by atoms with Gasteiger partial charge in [0.25, 0.3) is 5.56 Å². The van der Waals surface area contributed by atoms with Crippen LogP contribution < -0.4 is 5.56 Å². The van der Waals surface area contributed by atoms with E-state index in [1.54, 1.807) is 10.7 Å². The van der Waals surface area contributed by atoms with Crippen molar-refractivity contribution >= 4 is 11.2 Å². The highest BCUT2D eigenvalue weighted by atomic mass is 16.5. The average molecular weight is 234 g/mol. The molecule has 3 atom stereocenters. The summed E-state index contributed by atoms with van der Waals surface area (Å²) in [6.45, 7) is 0.521. The first-order valence-corrected chi connectivity index (χ1v) is 5.52. The molecule has 4 rings (SSSR count). The molecule has 7 heteroatoms. The molecule has 88 valence electrons. The first-order valence-electron chi connectivity index (χ1n) is 5.52. The summed E-state index contributed by atoms with van der Waals surface area (Å²) in [6.07, 6.45) is -0.852. The lowest BCUT2D eigenvalue weighted by Crippen LogP contribution is -2.30. The Morgan fingerprint density at radius 1 is 1.47 bits per heavy atom. The Bertz CT molecular complexity index is 661. The molecular weight excluding hydrogens is 224 g/mol. The van der Waals surface area contributed by atoms with E-state index in [0.717, 1.165) is 0 Å². The van der Waals surface area contributed by atoms with E-state index in [2.05, 4.69) is 10.3 Å². The summed E-state index contributed by atoms with van der Waals surface area (Å²) in [4.78, 5) is 11.9. The molecule has 1 fully saturated rings. The van der Waals surface area contributed by atoms with Crippen LogP contribution in [0.15, 0.2) is 16.9 Å². The molecule has 7 nitrogen and oxygen atoms in total. The van der Waals surface area contributed by atoms with Gasteiger partial charge in [0.15, 0.2) is 11.9 Å². The van der Waals surface area contributed by atoms with Gasteiger partial charge in [-0.25, -0.2) is 4.68 Å². The van der Waals surface area contributed by atoms with E-state index >= 15 is 0 Å². The number of hydrogen-bond acceptors (Lipinski definition) is 5. The second-order valence-corrected chi connectivity index (χ2v) is 4.47. The number of fused-ring (bicyclic) bond motifs is 3. The van der Waals surface area contributed by atoms with Crippen molar-refractivity contribution in [2.75, 3.05) is 0 Å². The number of hydrogen-bond donors (Lipinski definition) is 1. The lowest BCUT2D eigenvalue weighted by atomic mass is 10.2. The van der Waals surface area contributed by atoms with Crippen molar-refractivity contribution in [1.29, 1.82) is 0 Å². The number of pyridine rings is 1. The number of ether oxygens (including phenoxy) is 1. The second kappa shape index (κ2) is 2.93. The van der Waals surface area contributed by atoms with Crippen molar-refractivity contribution in [3.63, 3.8) is 0 Å². The topological polar surface area (TPSA) is 82.2 Å². The first-order chi connectivity index (χ1) is 8.24. The fourth-order valence-electron chi connectivity index (χ4n) is 2.65. The molecule has 1 N–H and O–H groups in total. The number of aliphatic hydroxyl groups excluding tert-OH is 1. The summed E-state index contributed by atoms with van der Waals surface area (Å²) in [5.41, 5.74) is 1.07. The van der Waals surface area contributed by atoms with Gasteiger partial charge >= 0.3 is 0 Å². The standard InChI is InChI=1S/C10H10N4O3/c15-7-3-5-4-13-9-6(11-12-13)1-2-8(16)14(9)10(7)17-5/h1-2,5,7,10,15H,3-4H2/t5-,7?,10-/m0/s1. The fourth-order valence-corrected chi connectivity index (χ4v) is 2.65. The van der Waals surface area contributed by atoms with E-state index in [9.17, 15) is 9.90 Å². The lowest BCUT2D eigenvalue weighted by Gasteiger charge is -2.17. The van der Waals surface area contributed by atoms with Crippen LogP contribution in [0.3, 0.4) is 0 Å². The Kier molecular flexibility index (Phi) is 1.61. The molecule has 0 amide bonds. The van der Waals surface area contributed by atoms with E-state index in [0.29, 0.717) is 24.1 Å². The third kappa shape index (κ3) is 1.10. The van der Waals surface area contributed by atoms with Crippen LogP contribution in [0.2, 0.25) is 0 Å². The van der Waals surface area contributed by atoms with Gasteiger partial charge in [0, 0.05) is 12.5 Å². The Balaban J connectivity index is 2.14. The van der Waals surface area contributed by atoms with E-state index in [1.165, 1.54) is 10.6 Å². The molecule has 0 aliphatic carbocycles. The molecule has 2 aromatic rings. The van der Waals surface area contributed by atoms with Gasteiger partial charge in [-0.05, 0) is 6.07 Å². The highest BCUT2D eigenvalue weighted by Gasteiger charge is 2.40. The molecule has 1 unspecified atom stereocenters. The summed E-state index contributed by atoms with van der Waals surface area (Å²) in [5, 5.41) is 18.0. The van der Waals surface area contributed by atoms with E-state index in [1.807, 2.05) is 0 Å². The van der Waals surface area contributed by atoms with Gasteiger partial charge in [0.1, 0.15) is 11.6 Å². The van der Waals surface area contributed by atoms with Crippen molar-refractivity contribution in [2.45, 2.75) is 31.4 Å². The Morgan fingerprint density at radius 2 is 2.35 bits per heavy atom. The molecule has 2 aromatic heterocycles. The maximum atomic E-state index is 11.9. The van der Waals surface area contributed by atoms with E-state index in [4.69, 9.17) is 4.74 Å². The van der Waals surface area contributed by atoms with Gasteiger partial charge in [0.2, 0.25) is 0 Å². The molecule has 2 bridgehead atoms. The molecule has 0 aromatic carbocycles. The summed E-state index contributed by atoms with van der Waals surface area (Å²) >= 11 is 0. The zero-order valence-corrected chi connectivity index (χ0v) is 8.85. The third-order valence-corrected chi connectivity index (χ3v) is 3.38. The molecule has 0 radical (unpaired) electrons. The molecule has 1 saturated heterocycles. The molecular formula is C10H10N4O3. The summed E-state index contributed by atoms with van der Waals surface area (Å²) in [5.74, 6) is 0. The number of aromatic nitrogens is 4. The third-order valence-electron chi connectivity index (χ3n) is 3.38. The van der Waals surface area contributed by atoms with Gasteiger partial charge in [-0.15, -0.1) is 5.10 Å². The van der Waals surface area contributed by atoms with Gasteiger partial charge < -0.3 is 9.84 Å². The Hall–Kier alpha value is -1.73. The smallest absolute Gasteiger partial charge is 0.254 e. The predicted molar refractivity (Wildman–Crippen MR) is 56.3 cm³/mol. The van der Waals surface area contributed by atoms with Crippen molar-refractivity contribution in [3.8, 4) is 0 Å². The number of aliphatic hydroxyl groups is 1. The van der Waals surface area contributed by atoms with Crippen LogP contribution in [0.1, 0.15) is 12.6 Å². The molecule has 4 heterocycles. The molecule has 0 saturated carbocycles. The van der Waals surface area contributed by atoms with Crippen molar-refractivity contribution in [3.05, 3.63) is 22.5 Å². The molecule has 17 heavy (non-hydrogen) atoms. The van der Waals surface area contributed by atoms with Crippen LogP contribution >= 0.6 is 0 Å². The van der Waals surface area contributed by atoms with Crippen molar-refractivity contribution < 1.29 is 9.84 Å². The van der Waals surface area contributed by atoms with Crippen LogP contribution in [0.5, 0.6) is 0 Å². The zero-order chi connectivity index (χ0) is 11.6. The van der Waals surface area contributed by atoms with Crippen LogP contribution in [0, 0.1) is 0 Å². The fraction of sp³-hybridized carbons (Fsp3) is 0.500. The van der Waals surface area contributed by atoms with E-state index < -0.39 is 12.3 Å². The van der Waals surface area contributed by atoms with Gasteiger partial charge in [-0.3, -0.25) is 9.36 Å².